The lowest BCUT2D eigenvalue weighted by atomic mass is 9.85. The molecule has 4 nitrogen and oxygen atoms in total. The fourth-order valence-electron chi connectivity index (χ4n) is 2.13. The summed E-state index contributed by atoms with van der Waals surface area (Å²) in [6, 6.07) is 0.474. The van der Waals surface area contributed by atoms with Crippen LogP contribution in [-0.4, -0.2) is 51.7 Å². The summed E-state index contributed by atoms with van der Waals surface area (Å²) in [4.78, 5) is 0. The van der Waals surface area contributed by atoms with Crippen molar-refractivity contribution in [3.05, 3.63) is 0 Å². The predicted octanol–water partition coefficient (Wildman–Crippen LogP) is 1.59. The highest BCUT2D eigenvalue weighted by Gasteiger charge is 2.42. The average molecular weight is 245 g/mol. The lowest BCUT2D eigenvalue weighted by molar-refractivity contribution is -0.146. The molecule has 17 heavy (non-hydrogen) atoms. The first-order valence-electron chi connectivity index (χ1n) is 6.79. The minimum Gasteiger partial charge on any atom is -0.385 e. The third-order valence-electron chi connectivity index (χ3n) is 3.09. The molecule has 4 heteroatoms. The van der Waals surface area contributed by atoms with Crippen LogP contribution in [0.25, 0.3) is 0 Å². The van der Waals surface area contributed by atoms with Gasteiger partial charge in [0.05, 0.1) is 12.2 Å². The molecule has 3 atom stereocenters. The molecule has 0 amide bonds. The van der Waals surface area contributed by atoms with Crippen molar-refractivity contribution in [3.63, 3.8) is 0 Å². The number of hydrogen-bond acceptors (Lipinski definition) is 4. The summed E-state index contributed by atoms with van der Waals surface area (Å²) in [7, 11) is 1.72. The van der Waals surface area contributed by atoms with Gasteiger partial charge in [-0.2, -0.15) is 0 Å². The topological polar surface area (TPSA) is 39.7 Å². The van der Waals surface area contributed by atoms with Crippen LogP contribution in [0.2, 0.25) is 0 Å². The molecule has 1 aliphatic carbocycles. The molecule has 1 fully saturated rings. The summed E-state index contributed by atoms with van der Waals surface area (Å²) in [6.45, 7) is 7.57. The van der Waals surface area contributed by atoms with Crippen LogP contribution >= 0.6 is 0 Å². The van der Waals surface area contributed by atoms with Gasteiger partial charge in [0.25, 0.3) is 0 Å². The summed E-state index contributed by atoms with van der Waals surface area (Å²) < 4.78 is 16.5. The van der Waals surface area contributed by atoms with Crippen LogP contribution in [0.3, 0.4) is 0 Å². The van der Waals surface area contributed by atoms with E-state index in [0.29, 0.717) is 6.04 Å². The highest BCUT2D eigenvalue weighted by atomic mass is 16.5. The molecule has 0 spiro atoms. The maximum atomic E-state index is 5.81. The van der Waals surface area contributed by atoms with Crippen molar-refractivity contribution in [2.45, 2.75) is 51.4 Å². The molecule has 1 N–H and O–H groups in total. The van der Waals surface area contributed by atoms with Crippen molar-refractivity contribution in [2.75, 3.05) is 33.5 Å². The third-order valence-corrected chi connectivity index (χ3v) is 3.09. The van der Waals surface area contributed by atoms with Crippen molar-refractivity contribution in [1.29, 1.82) is 0 Å². The Labute approximate surface area is 105 Å². The first-order valence-corrected chi connectivity index (χ1v) is 6.79. The first kappa shape index (κ1) is 14.9. The van der Waals surface area contributed by atoms with Crippen LogP contribution in [-0.2, 0) is 14.2 Å². The predicted molar refractivity (Wildman–Crippen MR) is 68.3 cm³/mol. The van der Waals surface area contributed by atoms with Gasteiger partial charge in [-0.1, -0.05) is 6.92 Å². The monoisotopic (exact) mass is 245 g/mol. The molecule has 0 aromatic rings. The molecular formula is C13H27NO3. The van der Waals surface area contributed by atoms with Crippen molar-refractivity contribution >= 4 is 0 Å². The van der Waals surface area contributed by atoms with E-state index >= 15 is 0 Å². The smallest absolute Gasteiger partial charge is 0.0990 e. The lowest BCUT2D eigenvalue weighted by Gasteiger charge is -2.44. The van der Waals surface area contributed by atoms with Gasteiger partial charge in [-0.15, -0.1) is 0 Å². The highest BCUT2D eigenvalue weighted by Crippen LogP contribution is 2.27. The fourth-order valence-corrected chi connectivity index (χ4v) is 2.13. The number of nitrogens with one attached hydrogen (secondary N) is 1. The van der Waals surface area contributed by atoms with Crippen molar-refractivity contribution in [1.82, 2.24) is 5.32 Å². The number of hydrogen-bond donors (Lipinski definition) is 1. The largest absolute Gasteiger partial charge is 0.385 e. The molecule has 3 unspecified atom stereocenters. The Hall–Kier alpha value is -0.160. The molecule has 1 rings (SSSR count). The zero-order valence-corrected chi connectivity index (χ0v) is 11.4. The minimum atomic E-state index is 0.231. The van der Waals surface area contributed by atoms with E-state index in [1.165, 1.54) is 0 Å². The Balaban J connectivity index is 2.17. The van der Waals surface area contributed by atoms with Crippen LogP contribution in [0.4, 0.5) is 0 Å². The van der Waals surface area contributed by atoms with Gasteiger partial charge in [0, 0.05) is 33.0 Å². The summed E-state index contributed by atoms with van der Waals surface area (Å²) in [6.07, 6.45) is 3.68. The van der Waals surface area contributed by atoms with Gasteiger partial charge in [0.2, 0.25) is 0 Å². The van der Waals surface area contributed by atoms with Crippen LogP contribution < -0.4 is 5.32 Å². The Morgan fingerprint density at radius 3 is 2.65 bits per heavy atom. The summed E-state index contributed by atoms with van der Waals surface area (Å²) in [5.74, 6) is 0. The third kappa shape index (κ3) is 4.92. The quantitative estimate of drug-likeness (QED) is 0.593. The van der Waals surface area contributed by atoms with Gasteiger partial charge in [-0.05, 0) is 32.7 Å². The number of rotatable bonds is 10. The van der Waals surface area contributed by atoms with Crippen LogP contribution in [0.15, 0.2) is 0 Å². The van der Waals surface area contributed by atoms with E-state index in [0.717, 1.165) is 45.6 Å². The first-order chi connectivity index (χ1) is 8.33. The molecule has 1 aliphatic rings. The summed E-state index contributed by atoms with van der Waals surface area (Å²) >= 11 is 0. The van der Waals surface area contributed by atoms with Crippen LogP contribution in [0.5, 0.6) is 0 Å². The molecule has 0 aromatic carbocycles. The zero-order valence-electron chi connectivity index (χ0n) is 11.4. The molecule has 0 saturated heterocycles. The van der Waals surface area contributed by atoms with E-state index in [9.17, 15) is 0 Å². The molecular weight excluding hydrogens is 218 g/mol. The Morgan fingerprint density at radius 1 is 1.18 bits per heavy atom. The Morgan fingerprint density at radius 2 is 2.00 bits per heavy atom. The van der Waals surface area contributed by atoms with Crippen LogP contribution in [0.1, 0.15) is 33.1 Å². The molecule has 0 radical (unpaired) electrons. The van der Waals surface area contributed by atoms with Crippen molar-refractivity contribution in [2.24, 2.45) is 0 Å². The maximum Gasteiger partial charge on any atom is 0.0990 e. The lowest BCUT2D eigenvalue weighted by Crippen LogP contribution is -2.60. The van der Waals surface area contributed by atoms with Gasteiger partial charge in [-0.3, -0.25) is 0 Å². The van der Waals surface area contributed by atoms with Gasteiger partial charge < -0.3 is 19.5 Å². The standard InChI is InChI=1S/C13H27NO3/c1-4-7-14-11-10-12(13(11)16-5-2)17-9-6-8-15-3/h11-14H,4-10H2,1-3H3. The van der Waals surface area contributed by atoms with E-state index < -0.39 is 0 Å². The molecule has 102 valence electrons. The second-order valence-corrected chi connectivity index (χ2v) is 4.47. The van der Waals surface area contributed by atoms with E-state index in [1.807, 2.05) is 6.92 Å². The van der Waals surface area contributed by atoms with Gasteiger partial charge in [0.15, 0.2) is 0 Å². The molecule has 0 bridgehead atoms. The fraction of sp³-hybridized carbons (Fsp3) is 1.00. The van der Waals surface area contributed by atoms with Crippen LogP contribution in [0, 0.1) is 0 Å². The van der Waals surface area contributed by atoms with Crippen molar-refractivity contribution in [3.8, 4) is 0 Å². The molecule has 0 heterocycles. The summed E-state index contributed by atoms with van der Waals surface area (Å²) in [5.41, 5.74) is 0. The van der Waals surface area contributed by atoms with E-state index in [2.05, 4.69) is 12.2 Å². The van der Waals surface area contributed by atoms with E-state index in [4.69, 9.17) is 14.2 Å². The maximum absolute atomic E-state index is 5.81. The zero-order chi connectivity index (χ0) is 12.5. The number of ether oxygens (including phenoxy) is 3. The van der Waals surface area contributed by atoms with Gasteiger partial charge in [-0.25, -0.2) is 0 Å². The molecule has 0 aliphatic heterocycles. The van der Waals surface area contributed by atoms with Crippen molar-refractivity contribution < 1.29 is 14.2 Å². The Bertz CT molecular complexity index is 188. The number of methoxy groups -OCH3 is 1. The van der Waals surface area contributed by atoms with E-state index in [-0.39, 0.29) is 12.2 Å². The van der Waals surface area contributed by atoms with E-state index in [1.54, 1.807) is 7.11 Å². The minimum absolute atomic E-state index is 0.231. The van der Waals surface area contributed by atoms with Gasteiger partial charge in [0.1, 0.15) is 0 Å². The van der Waals surface area contributed by atoms with Gasteiger partial charge >= 0.3 is 0 Å². The highest BCUT2D eigenvalue weighted by molar-refractivity contribution is 4.97. The normalized spacial score (nSPS) is 28.1. The molecule has 0 aromatic heterocycles. The average Bonchev–Trinajstić information content (AvgIpc) is 2.33. The molecule has 1 saturated carbocycles. The Kier molecular flexibility index (Phi) is 7.77. The second-order valence-electron chi connectivity index (χ2n) is 4.47. The SMILES string of the molecule is CCCNC1CC(OCCCOC)C1OCC. The summed E-state index contributed by atoms with van der Waals surface area (Å²) in [5, 5.41) is 3.51. The second kappa shape index (κ2) is 8.86.